The van der Waals surface area contributed by atoms with Crippen LogP contribution in [0.25, 0.3) is 0 Å². The first-order valence-corrected chi connectivity index (χ1v) is 6.45. The summed E-state index contributed by atoms with van der Waals surface area (Å²) in [5, 5.41) is 4.56. The summed E-state index contributed by atoms with van der Waals surface area (Å²) >= 11 is 0. The van der Waals surface area contributed by atoms with Gasteiger partial charge >= 0.3 is 0 Å². The highest BCUT2D eigenvalue weighted by Crippen LogP contribution is 2.29. The highest BCUT2D eigenvalue weighted by atomic mass is 15.4. The predicted molar refractivity (Wildman–Crippen MR) is 67.8 cm³/mol. The molecule has 0 spiro atoms. The number of nitrogens with zero attached hydrogens (tertiary/aromatic N) is 4. The number of nitrogen functional groups attached to an aromatic ring is 1. The zero-order chi connectivity index (χ0) is 12.0. The molecule has 5 nitrogen and oxygen atoms in total. The Morgan fingerprint density at radius 1 is 1.41 bits per heavy atom. The zero-order valence-electron chi connectivity index (χ0n) is 10.7. The van der Waals surface area contributed by atoms with Crippen LogP contribution in [-0.2, 0) is 13.0 Å². The van der Waals surface area contributed by atoms with Crippen LogP contribution >= 0.6 is 0 Å². The fourth-order valence-corrected chi connectivity index (χ4v) is 2.86. The number of nitrogens with two attached hydrogens (primary N) is 1. The summed E-state index contributed by atoms with van der Waals surface area (Å²) in [5.41, 5.74) is 8.66. The van der Waals surface area contributed by atoms with Gasteiger partial charge in [-0.1, -0.05) is 6.92 Å². The quantitative estimate of drug-likeness (QED) is 0.802. The van der Waals surface area contributed by atoms with Gasteiger partial charge in [0.2, 0.25) is 0 Å². The Labute approximate surface area is 102 Å². The number of aromatic nitrogens is 2. The van der Waals surface area contributed by atoms with Gasteiger partial charge in [-0.25, -0.2) is 0 Å². The largest absolute Gasteiger partial charge is 0.382 e. The number of hydrogen-bond donors (Lipinski definition) is 1. The molecular formula is C12H21N5. The Morgan fingerprint density at radius 2 is 2.18 bits per heavy atom. The summed E-state index contributed by atoms with van der Waals surface area (Å²) in [6.45, 7) is 7.66. The van der Waals surface area contributed by atoms with Crippen molar-refractivity contribution in [1.29, 1.82) is 0 Å². The van der Waals surface area contributed by atoms with E-state index in [0.717, 1.165) is 45.0 Å². The molecule has 2 aliphatic heterocycles. The SMILES string of the molecule is CCN1CC(n2nc(N)c3c2CN(C)CC3)C1. The van der Waals surface area contributed by atoms with Crippen LogP contribution in [0.15, 0.2) is 0 Å². The molecule has 17 heavy (non-hydrogen) atoms. The zero-order valence-corrected chi connectivity index (χ0v) is 10.7. The number of rotatable bonds is 2. The Kier molecular flexibility index (Phi) is 2.60. The molecule has 0 unspecified atom stereocenters. The van der Waals surface area contributed by atoms with Crippen molar-refractivity contribution in [2.45, 2.75) is 25.9 Å². The summed E-state index contributed by atoms with van der Waals surface area (Å²) in [6.07, 6.45) is 1.04. The van der Waals surface area contributed by atoms with E-state index in [9.17, 15) is 0 Å². The van der Waals surface area contributed by atoms with Gasteiger partial charge in [-0.2, -0.15) is 5.10 Å². The molecule has 0 bridgehead atoms. The summed E-state index contributed by atoms with van der Waals surface area (Å²) < 4.78 is 2.19. The van der Waals surface area contributed by atoms with E-state index in [1.54, 1.807) is 0 Å². The molecule has 1 aromatic rings. The maximum Gasteiger partial charge on any atom is 0.149 e. The topological polar surface area (TPSA) is 50.3 Å². The second kappa shape index (κ2) is 3.99. The van der Waals surface area contributed by atoms with Crippen LogP contribution in [0.2, 0.25) is 0 Å². The minimum atomic E-state index is 0.535. The first-order chi connectivity index (χ1) is 8.19. The van der Waals surface area contributed by atoms with Gasteiger partial charge in [0.25, 0.3) is 0 Å². The van der Waals surface area contributed by atoms with Crippen molar-refractivity contribution in [1.82, 2.24) is 19.6 Å². The molecule has 0 aromatic carbocycles. The normalized spacial score (nSPS) is 22.5. The molecule has 0 radical (unpaired) electrons. The molecule has 1 saturated heterocycles. The summed E-state index contributed by atoms with van der Waals surface area (Å²) in [5.74, 6) is 0.753. The van der Waals surface area contributed by atoms with E-state index < -0.39 is 0 Å². The molecule has 5 heteroatoms. The second-order valence-electron chi connectivity index (χ2n) is 5.25. The smallest absolute Gasteiger partial charge is 0.149 e. The lowest BCUT2D eigenvalue weighted by Crippen LogP contribution is -2.48. The van der Waals surface area contributed by atoms with Gasteiger partial charge in [0.1, 0.15) is 5.82 Å². The average Bonchev–Trinajstić information content (AvgIpc) is 2.55. The maximum absolute atomic E-state index is 6.03. The van der Waals surface area contributed by atoms with Gasteiger partial charge < -0.3 is 10.6 Å². The van der Waals surface area contributed by atoms with Crippen molar-refractivity contribution in [2.75, 3.05) is 39.0 Å². The lowest BCUT2D eigenvalue weighted by atomic mass is 10.1. The van der Waals surface area contributed by atoms with Crippen molar-refractivity contribution in [3.8, 4) is 0 Å². The summed E-state index contributed by atoms with van der Waals surface area (Å²) in [7, 11) is 2.16. The molecule has 0 atom stereocenters. The molecule has 0 aliphatic carbocycles. The van der Waals surface area contributed by atoms with Crippen LogP contribution < -0.4 is 5.73 Å². The van der Waals surface area contributed by atoms with Crippen molar-refractivity contribution < 1.29 is 0 Å². The van der Waals surface area contributed by atoms with E-state index >= 15 is 0 Å². The van der Waals surface area contributed by atoms with Crippen LogP contribution in [0.4, 0.5) is 5.82 Å². The lowest BCUT2D eigenvalue weighted by molar-refractivity contribution is 0.101. The third-order valence-corrected chi connectivity index (χ3v) is 4.04. The molecule has 1 aromatic heterocycles. The number of hydrogen-bond acceptors (Lipinski definition) is 4. The number of anilines is 1. The van der Waals surface area contributed by atoms with Gasteiger partial charge in [0.15, 0.2) is 0 Å². The Balaban J connectivity index is 1.86. The van der Waals surface area contributed by atoms with Crippen LogP contribution in [0.3, 0.4) is 0 Å². The maximum atomic E-state index is 6.03. The van der Waals surface area contributed by atoms with Crippen LogP contribution in [-0.4, -0.2) is 52.8 Å². The molecule has 0 amide bonds. The minimum absolute atomic E-state index is 0.535. The molecule has 3 rings (SSSR count). The first kappa shape index (κ1) is 11.0. The van der Waals surface area contributed by atoms with E-state index in [4.69, 9.17) is 5.73 Å². The lowest BCUT2D eigenvalue weighted by Gasteiger charge is -2.39. The van der Waals surface area contributed by atoms with E-state index in [2.05, 4.69) is 33.6 Å². The summed E-state index contributed by atoms with van der Waals surface area (Å²) in [4.78, 5) is 4.78. The number of fused-ring (bicyclic) bond motifs is 1. The van der Waals surface area contributed by atoms with Crippen molar-refractivity contribution in [2.24, 2.45) is 0 Å². The molecule has 94 valence electrons. The minimum Gasteiger partial charge on any atom is -0.382 e. The van der Waals surface area contributed by atoms with E-state index in [1.807, 2.05) is 0 Å². The van der Waals surface area contributed by atoms with E-state index in [0.29, 0.717) is 6.04 Å². The molecule has 3 heterocycles. The Hall–Kier alpha value is -1.07. The van der Waals surface area contributed by atoms with Gasteiger partial charge in [0.05, 0.1) is 11.7 Å². The average molecular weight is 235 g/mol. The third-order valence-electron chi connectivity index (χ3n) is 4.04. The van der Waals surface area contributed by atoms with Gasteiger partial charge in [-0.15, -0.1) is 0 Å². The second-order valence-corrected chi connectivity index (χ2v) is 5.25. The molecular weight excluding hydrogens is 214 g/mol. The fourth-order valence-electron chi connectivity index (χ4n) is 2.86. The molecule has 2 aliphatic rings. The number of likely N-dealkylation sites (N-methyl/N-ethyl adjacent to an activating group) is 2. The Bertz CT molecular complexity index is 419. The number of likely N-dealkylation sites (tertiary alicyclic amines) is 1. The van der Waals surface area contributed by atoms with Gasteiger partial charge in [-0.05, 0) is 20.0 Å². The van der Waals surface area contributed by atoms with E-state index in [-0.39, 0.29) is 0 Å². The van der Waals surface area contributed by atoms with Gasteiger partial charge in [-0.3, -0.25) is 9.58 Å². The molecule has 2 N–H and O–H groups in total. The first-order valence-electron chi connectivity index (χ1n) is 6.45. The highest BCUT2D eigenvalue weighted by Gasteiger charge is 2.32. The van der Waals surface area contributed by atoms with Crippen LogP contribution in [0, 0.1) is 0 Å². The Morgan fingerprint density at radius 3 is 2.88 bits per heavy atom. The van der Waals surface area contributed by atoms with E-state index in [1.165, 1.54) is 11.3 Å². The monoisotopic (exact) mass is 235 g/mol. The van der Waals surface area contributed by atoms with Crippen LogP contribution in [0.5, 0.6) is 0 Å². The fraction of sp³-hybridized carbons (Fsp3) is 0.750. The van der Waals surface area contributed by atoms with Gasteiger partial charge in [0, 0.05) is 31.7 Å². The third kappa shape index (κ3) is 1.73. The van der Waals surface area contributed by atoms with Crippen molar-refractivity contribution in [3.63, 3.8) is 0 Å². The standard InChI is InChI=1S/C12H21N5/c1-3-16-6-9(7-16)17-11-8-15(2)5-4-10(11)12(13)14-17/h9H,3-8H2,1-2H3,(H2,13,14). The van der Waals surface area contributed by atoms with Crippen LogP contribution in [0.1, 0.15) is 24.2 Å². The molecule has 0 saturated carbocycles. The highest BCUT2D eigenvalue weighted by molar-refractivity contribution is 5.44. The van der Waals surface area contributed by atoms with Crippen molar-refractivity contribution in [3.05, 3.63) is 11.3 Å². The summed E-state index contributed by atoms with van der Waals surface area (Å²) in [6, 6.07) is 0.535. The predicted octanol–water partition coefficient (Wildman–Crippen LogP) is 0.330. The molecule has 1 fully saturated rings. The van der Waals surface area contributed by atoms with Crippen molar-refractivity contribution >= 4 is 5.82 Å².